The number of nitrogens with zero attached hydrogens (tertiary/aromatic N) is 1. The quantitative estimate of drug-likeness (QED) is 0.574. The first-order valence-corrected chi connectivity index (χ1v) is 6.97. The van der Waals surface area contributed by atoms with E-state index in [0.29, 0.717) is 34.2 Å². The van der Waals surface area contributed by atoms with Crippen LogP contribution in [0.2, 0.25) is 0 Å². The number of carbonyl (C=O) groups excluding carboxylic acids is 2. The van der Waals surface area contributed by atoms with Gasteiger partial charge in [-0.3, -0.25) is 14.5 Å². The molecule has 3 nitrogen and oxygen atoms in total. The van der Waals surface area contributed by atoms with Crippen molar-refractivity contribution in [3.63, 3.8) is 0 Å². The van der Waals surface area contributed by atoms with E-state index in [1.54, 1.807) is 11.8 Å². The molecule has 98 valence electrons. The molecule has 0 aromatic rings. The molecule has 1 fully saturated rings. The number of carbonyl (C=O) groups is 2. The SMILES string of the molecule is C=C(C)C(=O)CCCN1C(=O)C(=C(C)C)SC1=S. The van der Waals surface area contributed by atoms with Crippen molar-refractivity contribution < 1.29 is 9.59 Å². The average Bonchev–Trinajstić information content (AvgIpc) is 2.56. The Hall–Kier alpha value is -0.940. The zero-order valence-corrected chi connectivity index (χ0v) is 12.5. The molecule has 18 heavy (non-hydrogen) atoms. The maximum Gasteiger partial charge on any atom is 0.266 e. The van der Waals surface area contributed by atoms with E-state index in [0.717, 1.165) is 5.57 Å². The molecule has 1 aliphatic rings. The molecule has 0 bridgehead atoms. The van der Waals surface area contributed by atoms with Gasteiger partial charge in [-0.2, -0.15) is 0 Å². The summed E-state index contributed by atoms with van der Waals surface area (Å²) in [6.45, 7) is 9.60. The third kappa shape index (κ3) is 3.53. The van der Waals surface area contributed by atoms with Gasteiger partial charge in [-0.05, 0) is 32.8 Å². The monoisotopic (exact) mass is 283 g/mol. The topological polar surface area (TPSA) is 37.4 Å². The molecular formula is C13H17NO2S2. The number of rotatable bonds is 5. The summed E-state index contributed by atoms with van der Waals surface area (Å²) in [4.78, 5) is 25.7. The molecule has 0 unspecified atom stereocenters. The van der Waals surface area contributed by atoms with Crippen molar-refractivity contribution in [2.24, 2.45) is 0 Å². The number of ketones is 1. The molecule has 5 heteroatoms. The van der Waals surface area contributed by atoms with E-state index in [9.17, 15) is 9.59 Å². The van der Waals surface area contributed by atoms with Crippen LogP contribution in [0.4, 0.5) is 0 Å². The van der Waals surface area contributed by atoms with Crippen LogP contribution < -0.4 is 0 Å². The van der Waals surface area contributed by atoms with Crippen LogP contribution in [0.25, 0.3) is 0 Å². The summed E-state index contributed by atoms with van der Waals surface area (Å²) in [5, 5.41) is 0. The first-order chi connectivity index (χ1) is 8.34. The zero-order chi connectivity index (χ0) is 13.9. The van der Waals surface area contributed by atoms with E-state index < -0.39 is 0 Å². The minimum atomic E-state index is -0.0345. The third-order valence-corrected chi connectivity index (χ3v) is 4.22. The number of allylic oxidation sites excluding steroid dienone is 2. The highest BCUT2D eigenvalue weighted by Crippen LogP contribution is 2.33. The van der Waals surface area contributed by atoms with E-state index in [4.69, 9.17) is 12.2 Å². The van der Waals surface area contributed by atoms with Crippen LogP contribution in [0.3, 0.4) is 0 Å². The molecule has 0 saturated carbocycles. The molecule has 1 saturated heterocycles. The lowest BCUT2D eigenvalue weighted by Crippen LogP contribution is -2.29. The number of thioether (sulfide) groups is 1. The van der Waals surface area contributed by atoms with Crippen molar-refractivity contribution in [1.29, 1.82) is 0 Å². The molecule has 0 aromatic carbocycles. The van der Waals surface area contributed by atoms with Crippen LogP contribution in [-0.2, 0) is 9.59 Å². The number of thiocarbonyl (C=S) groups is 1. The molecule has 0 spiro atoms. The van der Waals surface area contributed by atoms with Gasteiger partial charge in [0, 0.05) is 13.0 Å². The van der Waals surface area contributed by atoms with Gasteiger partial charge in [0.1, 0.15) is 4.32 Å². The Morgan fingerprint density at radius 1 is 1.39 bits per heavy atom. The highest BCUT2D eigenvalue weighted by atomic mass is 32.2. The summed E-state index contributed by atoms with van der Waals surface area (Å²) >= 11 is 6.52. The number of Topliss-reactive ketones (excluding diaryl/α,β-unsaturated/α-hetero) is 1. The fraction of sp³-hybridized carbons (Fsp3) is 0.462. The normalized spacial score (nSPS) is 15.3. The second-order valence-corrected chi connectivity index (χ2v) is 6.11. The van der Waals surface area contributed by atoms with E-state index in [1.165, 1.54) is 11.8 Å². The van der Waals surface area contributed by atoms with Gasteiger partial charge in [-0.15, -0.1) is 0 Å². The first-order valence-electron chi connectivity index (χ1n) is 5.74. The summed E-state index contributed by atoms with van der Waals surface area (Å²) in [6.07, 6.45) is 1.03. The number of hydrogen-bond acceptors (Lipinski definition) is 4. The van der Waals surface area contributed by atoms with Gasteiger partial charge >= 0.3 is 0 Å². The molecule has 0 atom stereocenters. The van der Waals surface area contributed by atoms with Crippen molar-refractivity contribution in [2.75, 3.05) is 6.54 Å². The van der Waals surface area contributed by atoms with Crippen molar-refractivity contribution >= 4 is 40.0 Å². The molecular weight excluding hydrogens is 266 g/mol. The summed E-state index contributed by atoms with van der Waals surface area (Å²) in [5.41, 5.74) is 1.54. The van der Waals surface area contributed by atoms with Crippen LogP contribution in [0.1, 0.15) is 33.6 Å². The maximum absolute atomic E-state index is 12.0. The van der Waals surface area contributed by atoms with Gasteiger partial charge in [0.05, 0.1) is 4.91 Å². The Labute approximate surface area is 117 Å². The summed E-state index contributed by atoms with van der Waals surface area (Å²) in [7, 11) is 0. The smallest absolute Gasteiger partial charge is 0.266 e. The van der Waals surface area contributed by atoms with Gasteiger partial charge < -0.3 is 0 Å². The van der Waals surface area contributed by atoms with E-state index in [-0.39, 0.29) is 11.7 Å². The fourth-order valence-electron chi connectivity index (χ4n) is 1.51. The van der Waals surface area contributed by atoms with Crippen LogP contribution in [0.5, 0.6) is 0 Å². The highest BCUT2D eigenvalue weighted by molar-refractivity contribution is 8.26. The molecule has 1 amide bonds. The van der Waals surface area contributed by atoms with Gasteiger partial charge in [0.15, 0.2) is 5.78 Å². The van der Waals surface area contributed by atoms with E-state index in [1.807, 2.05) is 13.8 Å². The predicted octanol–water partition coefficient (Wildman–Crippen LogP) is 3.07. The lowest BCUT2D eigenvalue weighted by atomic mass is 10.1. The molecule has 1 aliphatic heterocycles. The van der Waals surface area contributed by atoms with Crippen molar-refractivity contribution in [3.8, 4) is 0 Å². The largest absolute Gasteiger partial charge is 0.295 e. The van der Waals surface area contributed by atoms with Gasteiger partial charge in [0.2, 0.25) is 0 Å². The number of hydrogen-bond donors (Lipinski definition) is 0. The van der Waals surface area contributed by atoms with Gasteiger partial charge in [0.25, 0.3) is 5.91 Å². The number of amides is 1. The molecule has 0 aromatic heterocycles. The highest BCUT2D eigenvalue weighted by Gasteiger charge is 2.32. The molecule has 1 rings (SSSR count). The Morgan fingerprint density at radius 2 is 2.00 bits per heavy atom. The summed E-state index contributed by atoms with van der Waals surface area (Å²) in [5.74, 6) is 0.00966. The van der Waals surface area contributed by atoms with Crippen LogP contribution in [0, 0.1) is 0 Å². The Bertz CT molecular complexity index is 448. The van der Waals surface area contributed by atoms with Crippen LogP contribution >= 0.6 is 24.0 Å². The standard InChI is InChI=1S/C13H17NO2S2/c1-8(2)10(15)6-5-7-14-12(16)11(9(3)4)18-13(14)17/h1,5-7H2,2-4H3. The lowest BCUT2D eigenvalue weighted by Gasteiger charge is -2.13. The first kappa shape index (κ1) is 15.1. The van der Waals surface area contributed by atoms with Gasteiger partial charge in [-0.25, -0.2) is 0 Å². The molecule has 0 N–H and O–H groups in total. The minimum absolute atomic E-state index is 0.0345. The predicted molar refractivity (Wildman–Crippen MR) is 79.3 cm³/mol. The minimum Gasteiger partial charge on any atom is -0.295 e. The zero-order valence-electron chi connectivity index (χ0n) is 10.9. The average molecular weight is 283 g/mol. The molecule has 1 heterocycles. The molecule has 0 radical (unpaired) electrons. The summed E-state index contributed by atoms with van der Waals surface area (Å²) < 4.78 is 0.582. The Balaban J connectivity index is 2.57. The van der Waals surface area contributed by atoms with Crippen molar-refractivity contribution in [1.82, 2.24) is 4.90 Å². The van der Waals surface area contributed by atoms with E-state index in [2.05, 4.69) is 6.58 Å². The third-order valence-electron chi connectivity index (χ3n) is 2.56. The maximum atomic E-state index is 12.0. The van der Waals surface area contributed by atoms with Crippen molar-refractivity contribution in [3.05, 3.63) is 22.6 Å². The Morgan fingerprint density at radius 3 is 2.44 bits per heavy atom. The molecule has 0 aliphatic carbocycles. The second kappa shape index (κ2) is 6.29. The lowest BCUT2D eigenvalue weighted by molar-refractivity contribution is -0.122. The van der Waals surface area contributed by atoms with E-state index >= 15 is 0 Å². The van der Waals surface area contributed by atoms with Crippen LogP contribution in [-0.4, -0.2) is 27.5 Å². The summed E-state index contributed by atoms with van der Waals surface area (Å²) in [6, 6.07) is 0. The van der Waals surface area contributed by atoms with Crippen molar-refractivity contribution in [2.45, 2.75) is 33.6 Å². The van der Waals surface area contributed by atoms with Crippen LogP contribution in [0.15, 0.2) is 22.6 Å². The Kier molecular flexibility index (Phi) is 5.28. The fourth-order valence-corrected chi connectivity index (χ4v) is 2.80. The second-order valence-electron chi connectivity index (χ2n) is 4.46. The van der Waals surface area contributed by atoms with Gasteiger partial charge in [-0.1, -0.05) is 36.1 Å².